The molecule has 0 bridgehead atoms. The molecule has 0 saturated carbocycles. The van der Waals surface area contributed by atoms with E-state index in [2.05, 4.69) is 34.4 Å². The van der Waals surface area contributed by atoms with Gasteiger partial charge in [0.25, 0.3) is 0 Å². The molecular formula is C13H15N3OS. The molecule has 1 atom stereocenters. The molecule has 1 aromatic carbocycles. The Balaban J connectivity index is 1.85. The van der Waals surface area contributed by atoms with Crippen molar-refractivity contribution < 1.29 is 4.52 Å². The molecule has 0 radical (unpaired) electrons. The monoisotopic (exact) mass is 261 g/mol. The van der Waals surface area contributed by atoms with E-state index >= 15 is 0 Å². The Morgan fingerprint density at radius 3 is 2.83 bits per heavy atom. The number of rotatable bonds is 2. The van der Waals surface area contributed by atoms with Crippen LogP contribution in [0.25, 0.3) is 0 Å². The smallest absolute Gasteiger partial charge is 0.240 e. The molecule has 3 rings (SSSR count). The first-order chi connectivity index (χ1) is 8.54. The molecule has 1 aromatic heterocycles. The van der Waals surface area contributed by atoms with Gasteiger partial charge >= 0.3 is 0 Å². The SMILES string of the molecule is CC(C)(N)c1noc(C2Cc3ccccc3S2)n1. The van der Waals surface area contributed by atoms with Crippen LogP contribution in [0.5, 0.6) is 0 Å². The normalized spacial score (nSPS) is 18.9. The van der Waals surface area contributed by atoms with E-state index in [9.17, 15) is 0 Å². The summed E-state index contributed by atoms with van der Waals surface area (Å²) in [7, 11) is 0. The first-order valence-electron chi connectivity index (χ1n) is 5.91. The molecule has 2 N–H and O–H groups in total. The minimum Gasteiger partial charge on any atom is -0.338 e. The number of hydrogen-bond donors (Lipinski definition) is 1. The number of aromatic nitrogens is 2. The van der Waals surface area contributed by atoms with Crippen LogP contribution in [0, 0.1) is 0 Å². The maximum Gasteiger partial charge on any atom is 0.240 e. The molecular weight excluding hydrogens is 246 g/mol. The van der Waals surface area contributed by atoms with E-state index < -0.39 is 5.54 Å². The molecule has 0 fully saturated rings. The molecule has 0 spiro atoms. The summed E-state index contributed by atoms with van der Waals surface area (Å²) < 4.78 is 5.34. The fraction of sp³-hybridized carbons (Fsp3) is 0.385. The van der Waals surface area contributed by atoms with Crippen molar-refractivity contribution >= 4 is 11.8 Å². The van der Waals surface area contributed by atoms with Crippen LogP contribution in [-0.4, -0.2) is 10.1 Å². The van der Waals surface area contributed by atoms with Crippen molar-refractivity contribution in [3.8, 4) is 0 Å². The van der Waals surface area contributed by atoms with Gasteiger partial charge in [0.2, 0.25) is 5.89 Å². The van der Waals surface area contributed by atoms with E-state index in [1.807, 2.05) is 13.8 Å². The van der Waals surface area contributed by atoms with Crippen LogP contribution in [0.4, 0.5) is 0 Å². The van der Waals surface area contributed by atoms with Crippen LogP contribution in [0.1, 0.15) is 36.4 Å². The zero-order valence-corrected chi connectivity index (χ0v) is 11.2. The maximum atomic E-state index is 5.96. The quantitative estimate of drug-likeness (QED) is 0.900. The predicted molar refractivity (Wildman–Crippen MR) is 70.3 cm³/mol. The van der Waals surface area contributed by atoms with Gasteiger partial charge in [-0.25, -0.2) is 0 Å². The van der Waals surface area contributed by atoms with Gasteiger partial charge in [0.15, 0.2) is 5.82 Å². The molecule has 4 nitrogen and oxygen atoms in total. The van der Waals surface area contributed by atoms with Crippen molar-refractivity contribution in [2.45, 2.75) is 36.0 Å². The highest BCUT2D eigenvalue weighted by atomic mass is 32.2. The molecule has 18 heavy (non-hydrogen) atoms. The summed E-state index contributed by atoms with van der Waals surface area (Å²) in [4.78, 5) is 5.72. The van der Waals surface area contributed by atoms with Crippen molar-refractivity contribution in [3.05, 3.63) is 41.5 Å². The third-order valence-corrected chi connectivity index (χ3v) is 4.25. The third kappa shape index (κ3) is 2.04. The van der Waals surface area contributed by atoms with Gasteiger partial charge in [-0.15, -0.1) is 11.8 Å². The van der Waals surface area contributed by atoms with Crippen molar-refractivity contribution in [1.82, 2.24) is 10.1 Å². The first-order valence-corrected chi connectivity index (χ1v) is 6.79. The Morgan fingerprint density at radius 1 is 1.39 bits per heavy atom. The highest BCUT2D eigenvalue weighted by Gasteiger charge is 2.30. The Hall–Kier alpha value is -1.33. The molecule has 5 heteroatoms. The molecule has 1 unspecified atom stereocenters. The van der Waals surface area contributed by atoms with E-state index in [1.54, 1.807) is 11.8 Å². The summed E-state index contributed by atoms with van der Waals surface area (Å²) in [6.07, 6.45) is 0.938. The average Bonchev–Trinajstić information content (AvgIpc) is 2.94. The summed E-state index contributed by atoms with van der Waals surface area (Å²) in [6.45, 7) is 3.75. The number of fused-ring (bicyclic) bond motifs is 1. The predicted octanol–water partition coefficient (Wildman–Crippen LogP) is 2.65. The zero-order valence-electron chi connectivity index (χ0n) is 10.4. The fourth-order valence-electron chi connectivity index (χ4n) is 1.95. The van der Waals surface area contributed by atoms with Gasteiger partial charge < -0.3 is 10.3 Å². The largest absolute Gasteiger partial charge is 0.338 e. The average molecular weight is 261 g/mol. The standard InChI is InChI=1S/C13H15N3OS/c1-13(2,14)12-15-11(17-16-12)10-7-8-5-3-4-6-9(8)18-10/h3-6,10H,7,14H2,1-2H3. The van der Waals surface area contributed by atoms with Crippen molar-refractivity contribution in [2.75, 3.05) is 0 Å². The van der Waals surface area contributed by atoms with Gasteiger partial charge in [-0.05, 0) is 31.9 Å². The molecule has 0 aliphatic carbocycles. The number of nitrogens with zero attached hydrogens (tertiary/aromatic N) is 2. The van der Waals surface area contributed by atoms with Crippen molar-refractivity contribution in [3.63, 3.8) is 0 Å². The molecule has 1 aliphatic heterocycles. The van der Waals surface area contributed by atoms with Gasteiger partial charge in [0.05, 0.1) is 10.8 Å². The summed E-state index contributed by atoms with van der Waals surface area (Å²) in [5, 5.41) is 4.18. The lowest BCUT2D eigenvalue weighted by Gasteiger charge is -2.11. The Kier molecular flexibility index (Phi) is 2.68. The van der Waals surface area contributed by atoms with Crippen LogP contribution in [-0.2, 0) is 12.0 Å². The molecule has 2 heterocycles. The molecule has 1 aliphatic rings. The van der Waals surface area contributed by atoms with E-state index in [4.69, 9.17) is 10.3 Å². The van der Waals surface area contributed by atoms with Crippen LogP contribution >= 0.6 is 11.8 Å². The van der Waals surface area contributed by atoms with Gasteiger partial charge in [0.1, 0.15) is 0 Å². The lowest BCUT2D eigenvalue weighted by Crippen LogP contribution is -2.30. The third-order valence-electron chi connectivity index (χ3n) is 2.94. The first kappa shape index (κ1) is 11.7. The Morgan fingerprint density at radius 2 is 2.17 bits per heavy atom. The molecule has 0 amide bonds. The Labute approximate surface area is 110 Å². The second kappa shape index (κ2) is 4.10. The summed E-state index contributed by atoms with van der Waals surface area (Å²) in [6, 6.07) is 8.39. The van der Waals surface area contributed by atoms with E-state index in [0.717, 1.165) is 6.42 Å². The molecule has 2 aromatic rings. The van der Waals surface area contributed by atoms with Gasteiger partial charge in [0, 0.05) is 4.90 Å². The zero-order chi connectivity index (χ0) is 12.8. The number of benzene rings is 1. The fourth-order valence-corrected chi connectivity index (χ4v) is 3.17. The lowest BCUT2D eigenvalue weighted by molar-refractivity contribution is 0.359. The second-order valence-corrected chi connectivity index (χ2v) is 6.34. The summed E-state index contributed by atoms with van der Waals surface area (Å²) in [5.41, 5.74) is 6.75. The maximum absolute atomic E-state index is 5.96. The van der Waals surface area contributed by atoms with E-state index in [-0.39, 0.29) is 5.25 Å². The topological polar surface area (TPSA) is 64.9 Å². The molecule has 94 valence electrons. The minimum absolute atomic E-state index is 0.214. The van der Waals surface area contributed by atoms with Gasteiger partial charge in [-0.1, -0.05) is 23.4 Å². The second-order valence-electron chi connectivity index (χ2n) is 5.10. The van der Waals surface area contributed by atoms with Crippen LogP contribution in [0.3, 0.4) is 0 Å². The summed E-state index contributed by atoms with van der Waals surface area (Å²) >= 11 is 1.78. The summed E-state index contributed by atoms with van der Waals surface area (Å²) in [5.74, 6) is 1.23. The van der Waals surface area contributed by atoms with Gasteiger partial charge in [-0.2, -0.15) is 4.98 Å². The molecule has 0 saturated heterocycles. The highest BCUT2D eigenvalue weighted by Crippen LogP contribution is 2.45. The van der Waals surface area contributed by atoms with Crippen LogP contribution in [0.15, 0.2) is 33.7 Å². The number of thioether (sulfide) groups is 1. The van der Waals surface area contributed by atoms with Crippen molar-refractivity contribution in [1.29, 1.82) is 0 Å². The van der Waals surface area contributed by atoms with Crippen LogP contribution in [0.2, 0.25) is 0 Å². The van der Waals surface area contributed by atoms with Gasteiger partial charge in [-0.3, -0.25) is 0 Å². The number of nitrogens with two attached hydrogens (primary N) is 1. The highest BCUT2D eigenvalue weighted by molar-refractivity contribution is 7.99. The Bertz CT molecular complexity index is 549. The lowest BCUT2D eigenvalue weighted by atomic mass is 10.1. The number of hydrogen-bond acceptors (Lipinski definition) is 5. The minimum atomic E-state index is -0.558. The van der Waals surface area contributed by atoms with Crippen molar-refractivity contribution in [2.24, 2.45) is 5.73 Å². The van der Waals surface area contributed by atoms with E-state index in [1.165, 1.54) is 10.5 Å². The van der Waals surface area contributed by atoms with Crippen LogP contribution < -0.4 is 5.73 Å². The van der Waals surface area contributed by atoms with E-state index in [0.29, 0.717) is 11.7 Å².